The molecule has 0 aliphatic rings. The fourth-order valence-corrected chi connectivity index (χ4v) is 2.73. The molecule has 106 valence electrons. The van der Waals surface area contributed by atoms with Crippen molar-refractivity contribution in [3.63, 3.8) is 0 Å². The van der Waals surface area contributed by atoms with Crippen LogP contribution in [-0.2, 0) is 0 Å². The summed E-state index contributed by atoms with van der Waals surface area (Å²) in [7, 11) is 0. The standard InChI is InChI=1S/C14H12N4O2S/c1-8-4-3-5-10(9(8)2)16-13(20)11-7-18-14(21-11)17-12(19)6-15-18/h3-7H,1-2H3,(H,16,20). The minimum absolute atomic E-state index is 0.242. The van der Waals surface area contributed by atoms with Crippen LogP contribution in [0.15, 0.2) is 35.4 Å². The number of aryl methyl sites for hydroxylation is 1. The zero-order chi connectivity index (χ0) is 15.0. The Kier molecular flexibility index (Phi) is 3.26. The Hall–Kier alpha value is -2.54. The van der Waals surface area contributed by atoms with Gasteiger partial charge in [0.15, 0.2) is 0 Å². The van der Waals surface area contributed by atoms with E-state index in [1.54, 1.807) is 6.20 Å². The number of anilines is 1. The summed E-state index contributed by atoms with van der Waals surface area (Å²) in [5.74, 6) is -0.242. The molecule has 2 heterocycles. The molecule has 0 unspecified atom stereocenters. The molecule has 1 aromatic carbocycles. The van der Waals surface area contributed by atoms with Crippen molar-refractivity contribution in [2.45, 2.75) is 13.8 Å². The van der Waals surface area contributed by atoms with Gasteiger partial charge in [0.25, 0.3) is 11.5 Å². The summed E-state index contributed by atoms with van der Waals surface area (Å²) >= 11 is 1.13. The third kappa shape index (κ3) is 2.55. The van der Waals surface area contributed by atoms with Crippen LogP contribution in [0.4, 0.5) is 5.69 Å². The maximum absolute atomic E-state index is 12.3. The van der Waals surface area contributed by atoms with Gasteiger partial charge in [0, 0.05) is 5.69 Å². The number of benzene rings is 1. The first-order chi connectivity index (χ1) is 10.0. The molecule has 0 fully saturated rings. The van der Waals surface area contributed by atoms with Gasteiger partial charge in [-0.25, -0.2) is 4.52 Å². The molecule has 6 nitrogen and oxygen atoms in total. The first kappa shape index (κ1) is 13.4. The number of amides is 1. The minimum atomic E-state index is -0.418. The Morgan fingerprint density at radius 1 is 1.33 bits per heavy atom. The van der Waals surface area contributed by atoms with Crippen LogP contribution in [-0.4, -0.2) is 20.5 Å². The maximum Gasteiger partial charge on any atom is 0.292 e. The zero-order valence-corrected chi connectivity index (χ0v) is 12.3. The quantitative estimate of drug-likeness (QED) is 0.785. The fraction of sp³-hybridized carbons (Fsp3) is 0.143. The molecule has 2 aromatic heterocycles. The molecule has 1 amide bonds. The molecule has 1 N–H and O–H groups in total. The van der Waals surface area contributed by atoms with E-state index in [-0.39, 0.29) is 5.91 Å². The fourth-order valence-electron chi connectivity index (χ4n) is 1.90. The molecule has 0 aliphatic heterocycles. The van der Waals surface area contributed by atoms with Crippen molar-refractivity contribution in [3.05, 3.63) is 57.0 Å². The van der Waals surface area contributed by atoms with Gasteiger partial charge in [-0.15, -0.1) is 0 Å². The summed E-state index contributed by atoms with van der Waals surface area (Å²) in [6.45, 7) is 3.95. The third-order valence-corrected chi connectivity index (χ3v) is 4.18. The van der Waals surface area contributed by atoms with Crippen molar-refractivity contribution in [3.8, 4) is 0 Å². The van der Waals surface area contributed by atoms with Crippen LogP contribution in [0.2, 0.25) is 0 Å². The number of aromatic nitrogens is 3. The number of hydrogen-bond acceptors (Lipinski definition) is 5. The molecule has 0 aliphatic carbocycles. The predicted molar refractivity (Wildman–Crippen MR) is 81.0 cm³/mol. The van der Waals surface area contributed by atoms with E-state index in [1.165, 1.54) is 4.52 Å². The third-order valence-electron chi connectivity index (χ3n) is 3.21. The molecule has 0 bridgehead atoms. The summed E-state index contributed by atoms with van der Waals surface area (Å²) in [6.07, 6.45) is 2.68. The molecule has 0 saturated heterocycles. The predicted octanol–water partition coefficient (Wildman–Crippen LogP) is 2.02. The second-order valence-corrected chi connectivity index (χ2v) is 5.63. The Balaban J connectivity index is 1.93. The van der Waals surface area contributed by atoms with Gasteiger partial charge in [-0.05, 0) is 31.0 Å². The van der Waals surface area contributed by atoms with Crippen molar-refractivity contribution in [1.29, 1.82) is 0 Å². The summed E-state index contributed by atoms with van der Waals surface area (Å²) < 4.78 is 1.42. The van der Waals surface area contributed by atoms with E-state index >= 15 is 0 Å². The highest BCUT2D eigenvalue weighted by atomic mass is 32.1. The number of thiazole rings is 1. The summed E-state index contributed by atoms with van der Waals surface area (Å²) in [5.41, 5.74) is 2.49. The highest BCUT2D eigenvalue weighted by molar-refractivity contribution is 7.18. The van der Waals surface area contributed by atoms with E-state index in [0.717, 1.165) is 34.3 Å². The minimum Gasteiger partial charge on any atom is -0.321 e. The Morgan fingerprint density at radius 3 is 2.95 bits per heavy atom. The van der Waals surface area contributed by atoms with Crippen LogP contribution in [0.3, 0.4) is 0 Å². The number of fused-ring (bicyclic) bond motifs is 1. The molecule has 0 spiro atoms. The van der Waals surface area contributed by atoms with E-state index < -0.39 is 5.56 Å². The van der Waals surface area contributed by atoms with Gasteiger partial charge in [0.1, 0.15) is 11.1 Å². The number of carbonyl (C=O) groups excluding carboxylic acids is 1. The maximum atomic E-state index is 12.3. The average molecular weight is 300 g/mol. The lowest BCUT2D eigenvalue weighted by molar-refractivity contribution is 0.103. The topological polar surface area (TPSA) is 76.4 Å². The number of nitrogens with one attached hydrogen (secondary N) is 1. The Labute approximate surface area is 124 Å². The van der Waals surface area contributed by atoms with Crippen molar-refractivity contribution < 1.29 is 4.79 Å². The molecular weight excluding hydrogens is 288 g/mol. The monoisotopic (exact) mass is 300 g/mol. The van der Waals surface area contributed by atoms with Crippen molar-refractivity contribution in [2.24, 2.45) is 0 Å². The lowest BCUT2D eigenvalue weighted by Gasteiger charge is -2.08. The molecule has 3 rings (SSSR count). The van der Waals surface area contributed by atoms with E-state index in [4.69, 9.17) is 0 Å². The molecule has 0 atom stereocenters. The highest BCUT2D eigenvalue weighted by Crippen LogP contribution is 2.20. The van der Waals surface area contributed by atoms with E-state index in [9.17, 15) is 9.59 Å². The van der Waals surface area contributed by atoms with E-state index in [1.807, 2.05) is 32.0 Å². The summed E-state index contributed by atoms with van der Waals surface area (Å²) in [4.78, 5) is 28.1. The van der Waals surface area contributed by atoms with Gasteiger partial charge in [-0.1, -0.05) is 23.5 Å². The van der Waals surface area contributed by atoms with Crippen LogP contribution in [0, 0.1) is 13.8 Å². The second kappa shape index (κ2) is 5.10. The van der Waals surface area contributed by atoms with E-state index in [2.05, 4.69) is 15.4 Å². The second-order valence-electron chi connectivity index (χ2n) is 4.62. The molecule has 0 saturated carbocycles. The average Bonchev–Trinajstić information content (AvgIpc) is 2.87. The molecular formula is C14H12N4O2S. The Morgan fingerprint density at radius 2 is 2.14 bits per heavy atom. The highest BCUT2D eigenvalue weighted by Gasteiger charge is 2.13. The molecule has 7 heteroatoms. The van der Waals surface area contributed by atoms with Crippen LogP contribution >= 0.6 is 11.3 Å². The van der Waals surface area contributed by atoms with Gasteiger partial charge >= 0.3 is 0 Å². The van der Waals surface area contributed by atoms with Crippen molar-refractivity contribution in [1.82, 2.24) is 14.6 Å². The van der Waals surface area contributed by atoms with Gasteiger partial charge in [0.05, 0.1) is 6.20 Å². The first-order valence-electron chi connectivity index (χ1n) is 6.28. The summed E-state index contributed by atoms with van der Waals surface area (Å²) in [6, 6.07) is 5.74. The number of hydrogen-bond donors (Lipinski definition) is 1. The zero-order valence-electron chi connectivity index (χ0n) is 11.5. The molecule has 0 radical (unpaired) electrons. The first-order valence-corrected chi connectivity index (χ1v) is 7.09. The smallest absolute Gasteiger partial charge is 0.292 e. The van der Waals surface area contributed by atoms with Crippen molar-refractivity contribution in [2.75, 3.05) is 5.32 Å². The van der Waals surface area contributed by atoms with Gasteiger partial charge in [-0.2, -0.15) is 10.1 Å². The van der Waals surface area contributed by atoms with Gasteiger partial charge in [0.2, 0.25) is 4.96 Å². The lowest BCUT2D eigenvalue weighted by Crippen LogP contribution is -2.11. The van der Waals surface area contributed by atoms with Crippen LogP contribution in [0.5, 0.6) is 0 Å². The summed E-state index contributed by atoms with van der Waals surface area (Å²) in [5, 5.41) is 6.76. The van der Waals surface area contributed by atoms with Crippen LogP contribution in [0.25, 0.3) is 4.96 Å². The van der Waals surface area contributed by atoms with Crippen LogP contribution < -0.4 is 10.9 Å². The molecule has 21 heavy (non-hydrogen) atoms. The number of rotatable bonds is 2. The van der Waals surface area contributed by atoms with Crippen LogP contribution in [0.1, 0.15) is 20.8 Å². The Bertz CT molecular complexity index is 897. The number of carbonyl (C=O) groups is 1. The molecule has 3 aromatic rings. The van der Waals surface area contributed by atoms with Crippen molar-refractivity contribution >= 4 is 27.9 Å². The van der Waals surface area contributed by atoms with Gasteiger partial charge in [-0.3, -0.25) is 9.59 Å². The SMILES string of the molecule is Cc1cccc(NC(=O)c2cn3ncc(=O)nc3s2)c1C. The van der Waals surface area contributed by atoms with Gasteiger partial charge < -0.3 is 5.32 Å². The largest absolute Gasteiger partial charge is 0.321 e. The normalized spacial score (nSPS) is 10.8. The van der Waals surface area contributed by atoms with E-state index in [0.29, 0.717) is 9.84 Å². The lowest BCUT2D eigenvalue weighted by atomic mass is 10.1. The number of nitrogens with zero attached hydrogens (tertiary/aromatic N) is 3.